The van der Waals surface area contributed by atoms with Gasteiger partial charge in [-0.25, -0.2) is 9.18 Å². The molecule has 4 nitrogen and oxygen atoms in total. The summed E-state index contributed by atoms with van der Waals surface area (Å²) in [6.45, 7) is 0. The minimum atomic E-state index is -1.36. The SMILES string of the molecule is O=C(Nc1ccc(C(=O)O)c(F)c1)c1cc(Br)c(Br)s1. The number of amides is 1. The number of anilines is 1. The van der Waals surface area contributed by atoms with Gasteiger partial charge in [-0.2, -0.15) is 0 Å². The van der Waals surface area contributed by atoms with E-state index >= 15 is 0 Å². The number of hydrogen-bond acceptors (Lipinski definition) is 3. The number of benzene rings is 1. The van der Waals surface area contributed by atoms with Crippen LogP contribution in [0.1, 0.15) is 20.0 Å². The molecule has 0 spiro atoms. The largest absolute Gasteiger partial charge is 0.478 e. The van der Waals surface area contributed by atoms with Crippen LogP contribution in [-0.2, 0) is 0 Å². The predicted octanol–water partition coefficient (Wildman–Crippen LogP) is 4.36. The van der Waals surface area contributed by atoms with Crippen LogP contribution >= 0.6 is 43.2 Å². The van der Waals surface area contributed by atoms with Crippen molar-refractivity contribution in [1.29, 1.82) is 0 Å². The molecular formula is C12H6Br2FNO3S. The second-order valence-corrected chi connectivity index (χ2v) is 6.91. The molecule has 2 rings (SSSR count). The molecule has 0 aliphatic rings. The first kappa shape index (κ1) is 15.1. The molecule has 0 unspecified atom stereocenters. The van der Waals surface area contributed by atoms with Crippen molar-refractivity contribution in [3.63, 3.8) is 0 Å². The van der Waals surface area contributed by atoms with E-state index < -0.39 is 23.3 Å². The van der Waals surface area contributed by atoms with Gasteiger partial charge >= 0.3 is 5.97 Å². The zero-order valence-electron chi connectivity index (χ0n) is 9.62. The molecule has 0 atom stereocenters. The maximum absolute atomic E-state index is 13.5. The van der Waals surface area contributed by atoms with Crippen molar-refractivity contribution in [1.82, 2.24) is 0 Å². The summed E-state index contributed by atoms with van der Waals surface area (Å²) in [6.07, 6.45) is 0. The summed E-state index contributed by atoms with van der Waals surface area (Å²) in [7, 11) is 0. The van der Waals surface area contributed by atoms with E-state index in [9.17, 15) is 14.0 Å². The van der Waals surface area contributed by atoms with E-state index in [1.165, 1.54) is 17.4 Å². The lowest BCUT2D eigenvalue weighted by atomic mass is 10.2. The van der Waals surface area contributed by atoms with Gasteiger partial charge in [0.05, 0.1) is 14.2 Å². The number of carboxylic acids is 1. The van der Waals surface area contributed by atoms with Gasteiger partial charge in [-0.05, 0) is 56.1 Å². The Hall–Kier alpha value is -1.25. The summed E-state index contributed by atoms with van der Waals surface area (Å²) >= 11 is 7.76. The summed E-state index contributed by atoms with van der Waals surface area (Å²) in [5.41, 5.74) is -0.247. The fourth-order valence-electron chi connectivity index (χ4n) is 1.42. The number of thiophene rings is 1. The van der Waals surface area contributed by atoms with E-state index in [0.717, 1.165) is 20.4 Å². The van der Waals surface area contributed by atoms with Gasteiger partial charge in [0.15, 0.2) is 0 Å². The molecule has 2 aromatic rings. The van der Waals surface area contributed by atoms with Crippen molar-refractivity contribution in [3.8, 4) is 0 Å². The highest BCUT2D eigenvalue weighted by molar-refractivity contribution is 9.13. The molecule has 0 radical (unpaired) electrons. The van der Waals surface area contributed by atoms with Crippen LogP contribution in [0.25, 0.3) is 0 Å². The number of halogens is 3. The molecule has 104 valence electrons. The summed E-state index contributed by atoms with van der Waals surface area (Å²) in [6, 6.07) is 5.04. The molecule has 0 bridgehead atoms. The Morgan fingerprint density at radius 2 is 1.95 bits per heavy atom. The lowest BCUT2D eigenvalue weighted by Crippen LogP contribution is -2.11. The highest BCUT2D eigenvalue weighted by atomic mass is 79.9. The van der Waals surface area contributed by atoms with Gasteiger partial charge in [-0.3, -0.25) is 4.79 Å². The summed E-state index contributed by atoms with van der Waals surface area (Å²) in [5.74, 6) is -2.65. The van der Waals surface area contributed by atoms with Crippen molar-refractivity contribution in [2.75, 3.05) is 5.32 Å². The zero-order chi connectivity index (χ0) is 14.9. The first-order valence-corrected chi connectivity index (χ1v) is 7.57. The van der Waals surface area contributed by atoms with Crippen LogP contribution in [0, 0.1) is 5.82 Å². The van der Waals surface area contributed by atoms with E-state index in [0.29, 0.717) is 4.88 Å². The Kier molecular flexibility index (Phi) is 4.56. The molecule has 8 heteroatoms. The molecule has 2 N–H and O–H groups in total. The Balaban J connectivity index is 2.20. The minimum absolute atomic E-state index is 0.193. The lowest BCUT2D eigenvalue weighted by Gasteiger charge is -2.05. The third kappa shape index (κ3) is 3.25. The number of hydrogen-bond donors (Lipinski definition) is 2. The fourth-order valence-corrected chi connectivity index (χ4v) is 3.35. The van der Waals surface area contributed by atoms with Gasteiger partial charge in [-0.15, -0.1) is 11.3 Å². The molecule has 20 heavy (non-hydrogen) atoms. The van der Waals surface area contributed by atoms with Gasteiger partial charge < -0.3 is 10.4 Å². The number of aromatic carboxylic acids is 1. The molecule has 1 aromatic heterocycles. The van der Waals surface area contributed by atoms with Crippen LogP contribution in [0.2, 0.25) is 0 Å². The molecule has 1 aromatic carbocycles. The third-order valence-electron chi connectivity index (χ3n) is 2.33. The van der Waals surface area contributed by atoms with Gasteiger partial charge in [0.1, 0.15) is 5.82 Å². The van der Waals surface area contributed by atoms with Gasteiger partial charge in [-0.1, -0.05) is 0 Å². The van der Waals surface area contributed by atoms with Crippen molar-refractivity contribution in [2.45, 2.75) is 0 Å². The molecule has 0 saturated heterocycles. The Morgan fingerprint density at radius 3 is 2.45 bits per heavy atom. The quantitative estimate of drug-likeness (QED) is 0.772. The second kappa shape index (κ2) is 6.02. The summed E-state index contributed by atoms with van der Waals surface area (Å²) < 4.78 is 15.0. The summed E-state index contributed by atoms with van der Waals surface area (Å²) in [5, 5.41) is 11.2. The van der Waals surface area contributed by atoms with E-state index in [2.05, 4.69) is 37.2 Å². The van der Waals surface area contributed by atoms with E-state index in [-0.39, 0.29) is 5.69 Å². The second-order valence-electron chi connectivity index (χ2n) is 3.69. The molecule has 0 saturated carbocycles. The minimum Gasteiger partial charge on any atom is -0.478 e. The van der Waals surface area contributed by atoms with Gasteiger partial charge in [0, 0.05) is 10.2 Å². The Morgan fingerprint density at radius 1 is 1.25 bits per heavy atom. The average molecular weight is 423 g/mol. The van der Waals surface area contributed by atoms with Crippen LogP contribution in [0.4, 0.5) is 10.1 Å². The van der Waals surface area contributed by atoms with Crippen molar-refractivity contribution < 1.29 is 19.1 Å². The van der Waals surface area contributed by atoms with E-state index in [1.807, 2.05) is 0 Å². The zero-order valence-corrected chi connectivity index (χ0v) is 13.6. The van der Waals surface area contributed by atoms with Crippen LogP contribution in [0.5, 0.6) is 0 Å². The van der Waals surface area contributed by atoms with Crippen LogP contribution in [0.3, 0.4) is 0 Å². The number of carboxylic acid groups (broad SMARTS) is 1. The van der Waals surface area contributed by atoms with Crippen molar-refractivity contribution in [2.24, 2.45) is 0 Å². The molecule has 1 heterocycles. The van der Waals surface area contributed by atoms with Crippen LogP contribution in [-0.4, -0.2) is 17.0 Å². The van der Waals surface area contributed by atoms with Crippen LogP contribution in [0.15, 0.2) is 32.5 Å². The van der Waals surface area contributed by atoms with E-state index in [4.69, 9.17) is 5.11 Å². The maximum Gasteiger partial charge on any atom is 0.338 e. The molecule has 0 aliphatic heterocycles. The Bertz CT molecular complexity index is 683. The number of carbonyl (C=O) groups is 2. The van der Waals surface area contributed by atoms with Crippen molar-refractivity contribution in [3.05, 3.63) is 48.8 Å². The van der Waals surface area contributed by atoms with Gasteiger partial charge in [0.2, 0.25) is 0 Å². The highest BCUT2D eigenvalue weighted by Crippen LogP contribution is 2.32. The maximum atomic E-state index is 13.5. The molecule has 0 fully saturated rings. The number of rotatable bonds is 3. The molecule has 1 amide bonds. The fraction of sp³-hybridized carbons (Fsp3) is 0. The lowest BCUT2D eigenvalue weighted by molar-refractivity contribution is 0.0692. The monoisotopic (exact) mass is 421 g/mol. The summed E-state index contributed by atoms with van der Waals surface area (Å²) in [4.78, 5) is 23.0. The molecular weight excluding hydrogens is 417 g/mol. The van der Waals surface area contributed by atoms with Crippen LogP contribution < -0.4 is 5.32 Å². The van der Waals surface area contributed by atoms with Crippen molar-refractivity contribution >= 4 is 60.8 Å². The number of carbonyl (C=O) groups excluding carboxylic acids is 1. The Labute approximate surface area is 133 Å². The topological polar surface area (TPSA) is 66.4 Å². The third-order valence-corrected chi connectivity index (χ3v) is 5.58. The smallest absolute Gasteiger partial charge is 0.338 e. The average Bonchev–Trinajstić information content (AvgIpc) is 2.69. The highest BCUT2D eigenvalue weighted by Gasteiger charge is 2.14. The van der Waals surface area contributed by atoms with E-state index in [1.54, 1.807) is 6.07 Å². The normalized spacial score (nSPS) is 10.3. The predicted molar refractivity (Wildman–Crippen MR) is 81.0 cm³/mol. The standard InChI is InChI=1S/C12H6Br2FNO3S/c13-7-4-9(20-10(7)14)11(17)16-5-1-2-6(12(18)19)8(15)3-5/h1-4H,(H,16,17)(H,18,19). The van der Waals surface area contributed by atoms with Gasteiger partial charge in [0.25, 0.3) is 5.91 Å². The first-order valence-electron chi connectivity index (χ1n) is 5.17. The molecule has 0 aliphatic carbocycles. The number of nitrogens with one attached hydrogen (secondary N) is 1. The first-order chi connectivity index (χ1) is 9.38.